The number of carbonyl (C=O) groups excluding carboxylic acids is 1. The predicted octanol–water partition coefficient (Wildman–Crippen LogP) is 2.29. The molecule has 1 aromatic carbocycles. The van der Waals surface area contributed by atoms with Crippen LogP contribution in [-0.4, -0.2) is 18.0 Å². The molecule has 0 spiro atoms. The average molecular weight is 249 g/mol. The molecule has 0 aliphatic rings. The average Bonchev–Trinajstić information content (AvgIpc) is 2.20. The molecule has 1 aromatic rings. The Morgan fingerprint density at radius 2 is 2.00 bits per heavy atom. The van der Waals surface area contributed by atoms with Crippen molar-refractivity contribution in [1.82, 2.24) is 5.32 Å². The van der Waals surface area contributed by atoms with Crippen molar-refractivity contribution >= 4 is 17.3 Å². The molecular weight excluding hydrogens is 226 g/mol. The van der Waals surface area contributed by atoms with Gasteiger partial charge in [0.25, 0.3) is 0 Å². The third-order valence-electron chi connectivity index (χ3n) is 2.47. The van der Waals surface area contributed by atoms with Crippen LogP contribution in [0.4, 0.5) is 11.4 Å². The molecule has 0 aromatic heterocycles. The summed E-state index contributed by atoms with van der Waals surface area (Å²) in [4.78, 5) is 11.6. The monoisotopic (exact) mass is 249 g/mol. The van der Waals surface area contributed by atoms with Gasteiger partial charge in [0, 0.05) is 29.9 Å². The van der Waals surface area contributed by atoms with Crippen molar-refractivity contribution in [2.75, 3.05) is 17.6 Å². The zero-order chi connectivity index (χ0) is 13.8. The zero-order valence-corrected chi connectivity index (χ0v) is 11.6. The van der Waals surface area contributed by atoms with Crippen LogP contribution in [-0.2, 0) is 4.79 Å². The van der Waals surface area contributed by atoms with Crippen LogP contribution in [0, 0.1) is 6.92 Å². The minimum Gasteiger partial charge on any atom is -0.398 e. The number of anilines is 2. The first-order valence-corrected chi connectivity index (χ1v) is 6.19. The van der Waals surface area contributed by atoms with E-state index in [1.54, 1.807) is 0 Å². The highest BCUT2D eigenvalue weighted by Crippen LogP contribution is 2.16. The molecule has 1 rings (SSSR count). The molecule has 4 heteroatoms. The molecule has 0 aliphatic heterocycles. The lowest BCUT2D eigenvalue weighted by Gasteiger charge is -2.20. The molecule has 4 nitrogen and oxygen atoms in total. The quantitative estimate of drug-likeness (QED) is 0.717. The first-order chi connectivity index (χ1) is 8.28. The summed E-state index contributed by atoms with van der Waals surface area (Å²) in [7, 11) is 0. The first kappa shape index (κ1) is 14.4. The highest BCUT2D eigenvalue weighted by molar-refractivity contribution is 5.77. The Morgan fingerprint density at radius 3 is 2.56 bits per heavy atom. The summed E-state index contributed by atoms with van der Waals surface area (Å²) in [5, 5.41) is 6.11. The molecular formula is C14H23N3O. The number of carbonyl (C=O) groups is 1. The lowest BCUT2D eigenvalue weighted by atomic mass is 10.1. The third kappa shape index (κ3) is 5.08. The number of nitrogens with two attached hydrogens (primary N) is 1. The van der Waals surface area contributed by atoms with Gasteiger partial charge in [0.2, 0.25) is 5.91 Å². The number of nitrogens with one attached hydrogen (secondary N) is 2. The Morgan fingerprint density at radius 1 is 1.33 bits per heavy atom. The summed E-state index contributed by atoms with van der Waals surface area (Å²) in [6, 6.07) is 5.82. The van der Waals surface area contributed by atoms with E-state index in [4.69, 9.17) is 5.73 Å². The lowest BCUT2D eigenvalue weighted by molar-refractivity contribution is -0.122. The second-order valence-corrected chi connectivity index (χ2v) is 5.55. The van der Waals surface area contributed by atoms with E-state index in [2.05, 4.69) is 10.6 Å². The van der Waals surface area contributed by atoms with Crippen molar-refractivity contribution in [3.05, 3.63) is 23.8 Å². The van der Waals surface area contributed by atoms with Gasteiger partial charge in [-0.15, -0.1) is 0 Å². The van der Waals surface area contributed by atoms with E-state index in [0.717, 1.165) is 16.9 Å². The van der Waals surface area contributed by atoms with Gasteiger partial charge in [-0.2, -0.15) is 0 Å². The highest BCUT2D eigenvalue weighted by Gasteiger charge is 2.12. The Hall–Kier alpha value is -1.71. The van der Waals surface area contributed by atoms with Crippen LogP contribution >= 0.6 is 0 Å². The van der Waals surface area contributed by atoms with Gasteiger partial charge in [-0.1, -0.05) is 6.07 Å². The van der Waals surface area contributed by atoms with E-state index in [1.807, 2.05) is 45.9 Å². The van der Waals surface area contributed by atoms with Crippen molar-refractivity contribution in [1.29, 1.82) is 0 Å². The van der Waals surface area contributed by atoms with Crippen LogP contribution < -0.4 is 16.4 Å². The van der Waals surface area contributed by atoms with Crippen LogP contribution in [0.25, 0.3) is 0 Å². The molecule has 0 radical (unpaired) electrons. The topological polar surface area (TPSA) is 67.2 Å². The Kier molecular flexibility index (Phi) is 4.59. The molecule has 0 fully saturated rings. The summed E-state index contributed by atoms with van der Waals surface area (Å²) in [5.41, 5.74) is 8.41. The number of nitrogen functional groups attached to an aromatic ring is 1. The van der Waals surface area contributed by atoms with Gasteiger partial charge in [0.05, 0.1) is 0 Å². The smallest absolute Gasteiger partial charge is 0.222 e. The molecule has 0 saturated heterocycles. The van der Waals surface area contributed by atoms with Gasteiger partial charge < -0.3 is 16.4 Å². The molecule has 18 heavy (non-hydrogen) atoms. The Balaban J connectivity index is 2.38. The van der Waals surface area contributed by atoms with E-state index in [1.165, 1.54) is 0 Å². The van der Waals surface area contributed by atoms with E-state index in [9.17, 15) is 4.79 Å². The summed E-state index contributed by atoms with van der Waals surface area (Å²) in [5.74, 6) is 0.0510. The molecule has 0 unspecified atom stereocenters. The highest BCUT2D eigenvalue weighted by atomic mass is 16.1. The fraction of sp³-hybridized carbons (Fsp3) is 0.500. The molecule has 0 bridgehead atoms. The maximum Gasteiger partial charge on any atom is 0.222 e. The van der Waals surface area contributed by atoms with Crippen molar-refractivity contribution in [2.24, 2.45) is 0 Å². The summed E-state index contributed by atoms with van der Waals surface area (Å²) >= 11 is 0. The van der Waals surface area contributed by atoms with Gasteiger partial charge in [0.1, 0.15) is 0 Å². The summed E-state index contributed by atoms with van der Waals surface area (Å²) in [6.45, 7) is 8.48. The second kappa shape index (κ2) is 5.76. The van der Waals surface area contributed by atoms with E-state index in [-0.39, 0.29) is 11.4 Å². The third-order valence-corrected chi connectivity index (χ3v) is 2.47. The van der Waals surface area contributed by atoms with Crippen LogP contribution in [0.1, 0.15) is 32.8 Å². The molecule has 100 valence electrons. The van der Waals surface area contributed by atoms with Crippen LogP contribution in [0.2, 0.25) is 0 Å². The lowest BCUT2D eigenvalue weighted by Crippen LogP contribution is -2.41. The van der Waals surface area contributed by atoms with Gasteiger partial charge >= 0.3 is 0 Å². The zero-order valence-electron chi connectivity index (χ0n) is 11.6. The van der Waals surface area contributed by atoms with Gasteiger partial charge in [-0.3, -0.25) is 4.79 Å². The van der Waals surface area contributed by atoms with Crippen molar-refractivity contribution in [3.63, 3.8) is 0 Å². The standard InChI is InChI=1S/C14H23N3O/c1-10-5-6-11(9-12(10)15)16-8-7-13(18)17-14(2,3)4/h5-6,9,16H,7-8,15H2,1-4H3,(H,17,18). The summed E-state index contributed by atoms with van der Waals surface area (Å²) < 4.78 is 0. The fourth-order valence-electron chi connectivity index (χ4n) is 1.55. The van der Waals surface area contributed by atoms with Crippen molar-refractivity contribution < 1.29 is 4.79 Å². The molecule has 4 N–H and O–H groups in total. The number of hydrogen-bond donors (Lipinski definition) is 3. The van der Waals surface area contributed by atoms with Crippen LogP contribution in [0.5, 0.6) is 0 Å². The fourth-order valence-corrected chi connectivity index (χ4v) is 1.55. The van der Waals surface area contributed by atoms with Crippen LogP contribution in [0.15, 0.2) is 18.2 Å². The SMILES string of the molecule is Cc1ccc(NCCC(=O)NC(C)(C)C)cc1N. The maximum atomic E-state index is 11.6. The largest absolute Gasteiger partial charge is 0.398 e. The summed E-state index contributed by atoms with van der Waals surface area (Å²) in [6.07, 6.45) is 0.449. The minimum atomic E-state index is -0.175. The maximum absolute atomic E-state index is 11.6. The molecule has 0 heterocycles. The number of aryl methyl sites for hydroxylation is 1. The predicted molar refractivity (Wildman–Crippen MR) is 76.6 cm³/mol. The van der Waals surface area contributed by atoms with Crippen molar-refractivity contribution in [3.8, 4) is 0 Å². The first-order valence-electron chi connectivity index (χ1n) is 6.19. The molecule has 0 atom stereocenters. The Bertz CT molecular complexity index is 422. The molecule has 0 aliphatic carbocycles. The van der Waals surface area contributed by atoms with Gasteiger partial charge in [0.15, 0.2) is 0 Å². The number of hydrogen-bond acceptors (Lipinski definition) is 3. The van der Waals surface area contributed by atoms with E-state index >= 15 is 0 Å². The molecule has 1 amide bonds. The molecule has 0 saturated carbocycles. The van der Waals surface area contributed by atoms with Crippen LogP contribution in [0.3, 0.4) is 0 Å². The Labute approximate surface area is 109 Å². The number of benzene rings is 1. The van der Waals surface area contributed by atoms with E-state index < -0.39 is 0 Å². The minimum absolute atomic E-state index is 0.0510. The van der Waals surface area contributed by atoms with E-state index in [0.29, 0.717) is 13.0 Å². The number of amides is 1. The second-order valence-electron chi connectivity index (χ2n) is 5.55. The van der Waals surface area contributed by atoms with Gasteiger partial charge in [-0.25, -0.2) is 0 Å². The van der Waals surface area contributed by atoms with Gasteiger partial charge in [-0.05, 0) is 45.4 Å². The normalized spacial score (nSPS) is 11.1. The number of rotatable bonds is 4. The van der Waals surface area contributed by atoms with Crippen molar-refractivity contribution in [2.45, 2.75) is 39.7 Å².